The van der Waals surface area contributed by atoms with E-state index < -0.39 is 0 Å². The third-order valence-corrected chi connectivity index (χ3v) is 4.53. The molecular formula is C20H25N3O. The smallest absolute Gasteiger partial charge is 0.252 e. The molecule has 1 saturated heterocycles. The summed E-state index contributed by atoms with van der Waals surface area (Å²) in [6.07, 6.45) is 5.03. The molecule has 3 rings (SSSR count). The van der Waals surface area contributed by atoms with Gasteiger partial charge in [-0.25, -0.2) is 4.98 Å². The summed E-state index contributed by atoms with van der Waals surface area (Å²) in [6.45, 7) is 5.02. The van der Waals surface area contributed by atoms with Crippen LogP contribution in [0, 0.1) is 5.92 Å². The van der Waals surface area contributed by atoms with Crippen molar-refractivity contribution in [3.8, 4) is 0 Å². The molecule has 1 aliphatic heterocycles. The Balaban J connectivity index is 1.52. The summed E-state index contributed by atoms with van der Waals surface area (Å²) in [4.78, 5) is 19.0. The van der Waals surface area contributed by atoms with Gasteiger partial charge >= 0.3 is 0 Å². The molecule has 1 aromatic carbocycles. The number of anilines is 1. The van der Waals surface area contributed by atoms with Crippen LogP contribution in [0.3, 0.4) is 0 Å². The lowest BCUT2D eigenvalue weighted by molar-refractivity contribution is 0.0954. The standard InChI is InChI=1S/C20H25N3O/c1-16-6-5-13-23(15-16)19-10-9-18(14-22-19)20(24)21-12-11-17-7-3-2-4-8-17/h2-4,7-10,14,16H,5-6,11-13,15H2,1H3,(H,21,24)/t16-/m0/s1. The second-order valence-corrected chi connectivity index (χ2v) is 6.59. The number of rotatable bonds is 5. The predicted octanol–water partition coefficient (Wildman–Crippen LogP) is 3.29. The molecule has 2 aromatic rings. The van der Waals surface area contributed by atoms with Gasteiger partial charge in [0.2, 0.25) is 0 Å². The summed E-state index contributed by atoms with van der Waals surface area (Å²) < 4.78 is 0. The van der Waals surface area contributed by atoms with Crippen LogP contribution in [0.4, 0.5) is 5.82 Å². The number of hydrogen-bond donors (Lipinski definition) is 1. The molecular weight excluding hydrogens is 298 g/mol. The molecule has 4 nitrogen and oxygen atoms in total. The summed E-state index contributed by atoms with van der Waals surface area (Å²) in [5.74, 6) is 1.63. The molecule has 0 radical (unpaired) electrons. The van der Waals surface area contributed by atoms with Crippen LogP contribution in [0.2, 0.25) is 0 Å². The average Bonchev–Trinajstić information content (AvgIpc) is 2.63. The number of piperidine rings is 1. The molecule has 0 unspecified atom stereocenters. The number of hydrogen-bond acceptors (Lipinski definition) is 3. The number of amides is 1. The summed E-state index contributed by atoms with van der Waals surface area (Å²) in [5, 5.41) is 2.96. The van der Waals surface area contributed by atoms with E-state index in [-0.39, 0.29) is 5.91 Å². The molecule has 4 heteroatoms. The summed E-state index contributed by atoms with van der Waals surface area (Å²) >= 11 is 0. The van der Waals surface area contributed by atoms with Crippen molar-refractivity contribution in [1.82, 2.24) is 10.3 Å². The minimum atomic E-state index is -0.0583. The highest BCUT2D eigenvalue weighted by Gasteiger charge is 2.17. The number of nitrogens with one attached hydrogen (secondary N) is 1. The van der Waals surface area contributed by atoms with E-state index in [0.717, 1.165) is 25.3 Å². The van der Waals surface area contributed by atoms with E-state index in [1.807, 2.05) is 30.3 Å². The van der Waals surface area contributed by atoms with E-state index in [0.29, 0.717) is 18.0 Å². The highest BCUT2D eigenvalue weighted by molar-refractivity contribution is 5.94. The highest BCUT2D eigenvalue weighted by atomic mass is 16.1. The van der Waals surface area contributed by atoms with Gasteiger partial charge in [0.25, 0.3) is 5.91 Å². The summed E-state index contributed by atoms with van der Waals surface area (Å²) in [6, 6.07) is 14.0. The number of benzene rings is 1. The lowest BCUT2D eigenvalue weighted by atomic mass is 10.0. The predicted molar refractivity (Wildman–Crippen MR) is 97.3 cm³/mol. The van der Waals surface area contributed by atoms with Crippen LogP contribution in [-0.4, -0.2) is 30.5 Å². The number of aromatic nitrogens is 1. The number of pyridine rings is 1. The first-order valence-corrected chi connectivity index (χ1v) is 8.75. The minimum absolute atomic E-state index is 0.0583. The van der Waals surface area contributed by atoms with E-state index in [9.17, 15) is 4.79 Å². The van der Waals surface area contributed by atoms with Crippen molar-refractivity contribution < 1.29 is 4.79 Å². The van der Waals surface area contributed by atoms with Crippen LogP contribution < -0.4 is 10.2 Å². The fourth-order valence-electron chi connectivity index (χ4n) is 3.17. The monoisotopic (exact) mass is 323 g/mol. The van der Waals surface area contributed by atoms with E-state index in [1.165, 1.54) is 18.4 Å². The Bertz CT molecular complexity index is 654. The first-order chi connectivity index (χ1) is 11.7. The third-order valence-electron chi connectivity index (χ3n) is 4.53. The van der Waals surface area contributed by atoms with Crippen LogP contribution in [0.5, 0.6) is 0 Å². The molecule has 126 valence electrons. The van der Waals surface area contributed by atoms with Crippen LogP contribution in [0.1, 0.15) is 35.7 Å². The normalized spacial score (nSPS) is 17.5. The van der Waals surface area contributed by atoms with Gasteiger partial charge in [0.1, 0.15) is 5.82 Å². The Morgan fingerprint density at radius 3 is 2.79 bits per heavy atom. The Labute approximate surface area is 143 Å². The van der Waals surface area contributed by atoms with Crippen molar-refractivity contribution in [3.63, 3.8) is 0 Å². The molecule has 0 spiro atoms. The molecule has 1 fully saturated rings. The van der Waals surface area contributed by atoms with E-state index in [2.05, 4.69) is 34.3 Å². The zero-order chi connectivity index (χ0) is 16.8. The summed E-state index contributed by atoms with van der Waals surface area (Å²) in [7, 11) is 0. The van der Waals surface area contributed by atoms with Crippen LogP contribution in [0.15, 0.2) is 48.7 Å². The molecule has 0 saturated carbocycles. The lowest BCUT2D eigenvalue weighted by Crippen LogP contribution is -2.34. The quantitative estimate of drug-likeness (QED) is 0.918. The molecule has 0 bridgehead atoms. The molecule has 2 heterocycles. The highest BCUT2D eigenvalue weighted by Crippen LogP contribution is 2.21. The van der Waals surface area contributed by atoms with Crippen molar-refractivity contribution >= 4 is 11.7 Å². The minimum Gasteiger partial charge on any atom is -0.356 e. The average molecular weight is 323 g/mol. The molecule has 1 aliphatic rings. The van der Waals surface area contributed by atoms with Crippen molar-refractivity contribution in [2.45, 2.75) is 26.2 Å². The van der Waals surface area contributed by atoms with Gasteiger partial charge in [-0.3, -0.25) is 4.79 Å². The van der Waals surface area contributed by atoms with Gasteiger partial charge in [-0.15, -0.1) is 0 Å². The Hall–Kier alpha value is -2.36. The first-order valence-electron chi connectivity index (χ1n) is 8.75. The van der Waals surface area contributed by atoms with Gasteiger partial charge in [0, 0.05) is 25.8 Å². The van der Waals surface area contributed by atoms with Gasteiger partial charge in [0.15, 0.2) is 0 Å². The van der Waals surface area contributed by atoms with Gasteiger partial charge in [-0.05, 0) is 42.9 Å². The maximum Gasteiger partial charge on any atom is 0.252 e. The zero-order valence-electron chi connectivity index (χ0n) is 14.2. The van der Waals surface area contributed by atoms with Crippen LogP contribution in [-0.2, 0) is 6.42 Å². The van der Waals surface area contributed by atoms with Gasteiger partial charge in [-0.1, -0.05) is 37.3 Å². The molecule has 1 amide bonds. The maximum atomic E-state index is 12.2. The van der Waals surface area contributed by atoms with E-state index in [1.54, 1.807) is 6.20 Å². The molecule has 1 atom stereocenters. The number of carbonyl (C=O) groups is 1. The van der Waals surface area contributed by atoms with Crippen molar-refractivity contribution in [1.29, 1.82) is 0 Å². The first kappa shape index (κ1) is 16.5. The fraction of sp³-hybridized carbons (Fsp3) is 0.400. The summed E-state index contributed by atoms with van der Waals surface area (Å²) in [5.41, 5.74) is 1.85. The number of nitrogens with zero attached hydrogens (tertiary/aromatic N) is 2. The Morgan fingerprint density at radius 1 is 1.25 bits per heavy atom. The van der Waals surface area contributed by atoms with Gasteiger partial charge < -0.3 is 10.2 Å². The molecule has 0 aliphatic carbocycles. The Morgan fingerprint density at radius 2 is 2.08 bits per heavy atom. The second-order valence-electron chi connectivity index (χ2n) is 6.59. The Kier molecular flexibility index (Phi) is 5.47. The fourth-order valence-corrected chi connectivity index (χ4v) is 3.17. The van der Waals surface area contributed by atoms with Gasteiger partial charge in [-0.2, -0.15) is 0 Å². The molecule has 1 aromatic heterocycles. The van der Waals surface area contributed by atoms with E-state index in [4.69, 9.17) is 0 Å². The van der Waals surface area contributed by atoms with Crippen molar-refractivity contribution in [2.75, 3.05) is 24.5 Å². The topological polar surface area (TPSA) is 45.2 Å². The third kappa shape index (κ3) is 4.34. The number of carbonyl (C=O) groups excluding carboxylic acids is 1. The SMILES string of the molecule is C[C@H]1CCCN(c2ccc(C(=O)NCCc3ccccc3)cn2)C1. The maximum absolute atomic E-state index is 12.2. The lowest BCUT2D eigenvalue weighted by Gasteiger charge is -2.31. The van der Waals surface area contributed by atoms with Crippen molar-refractivity contribution in [3.05, 3.63) is 59.8 Å². The van der Waals surface area contributed by atoms with Crippen molar-refractivity contribution in [2.24, 2.45) is 5.92 Å². The van der Waals surface area contributed by atoms with Gasteiger partial charge in [0.05, 0.1) is 5.56 Å². The second kappa shape index (κ2) is 7.95. The zero-order valence-corrected chi connectivity index (χ0v) is 14.2. The largest absolute Gasteiger partial charge is 0.356 e. The molecule has 24 heavy (non-hydrogen) atoms. The van der Waals surface area contributed by atoms with Crippen LogP contribution >= 0.6 is 0 Å². The van der Waals surface area contributed by atoms with Crippen LogP contribution in [0.25, 0.3) is 0 Å². The van der Waals surface area contributed by atoms with E-state index >= 15 is 0 Å². The molecule has 1 N–H and O–H groups in total.